The van der Waals surface area contributed by atoms with Crippen molar-refractivity contribution in [1.82, 2.24) is 5.32 Å². The van der Waals surface area contributed by atoms with Crippen LogP contribution in [0.1, 0.15) is 79.6 Å². The van der Waals surface area contributed by atoms with Crippen LogP contribution in [0.4, 0.5) is 0 Å². The van der Waals surface area contributed by atoms with Crippen LogP contribution in [0.3, 0.4) is 0 Å². The van der Waals surface area contributed by atoms with Gasteiger partial charge in [0, 0.05) is 12.1 Å². The molecule has 0 bridgehead atoms. The van der Waals surface area contributed by atoms with Crippen molar-refractivity contribution in [3.05, 3.63) is 0 Å². The molecule has 106 valence electrons. The second kappa shape index (κ2) is 5.15. The molecule has 0 aromatic heterocycles. The third kappa shape index (κ3) is 3.50. The molecular weight excluding hydrogens is 218 g/mol. The second-order valence-corrected chi connectivity index (χ2v) is 8.56. The Morgan fingerprint density at radius 2 is 1.72 bits per heavy atom. The molecule has 0 heterocycles. The van der Waals surface area contributed by atoms with E-state index in [0.29, 0.717) is 10.8 Å². The summed E-state index contributed by atoms with van der Waals surface area (Å²) in [4.78, 5) is 0. The van der Waals surface area contributed by atoms with Gasteiger partial charge in [-0.2, -0.15) is 0 Å². The third-order valence-electron chi connectivity index (χ3n) is 5.33. The predicted octanol–water partition coefficient (Wildman–Crippen LogP) is 4.76. The summed E-state index contributed by atoms with van der Waals surface area (Å²) < 4.78 is 0. The number of hydrogen-bond acceptors (Lipinski definition) is 1. The third-order valence-corrected chi connectivity index (χ3v) is 5.33. The molecule has 0 spiro atoms. The van der Waals surface area contributed by atoms with E-state index in [2.05, 4.69) is 39.9 Å². The van der Waals surface area contributed by atoms with Gasteiger partial charge < -0.3 is 5.32 Å². The maximum Gasteiger partial charge on any atom is 0.0121 e. The van der Waals surface area contributed by atoms with Gasteiger partial charge in [0.05, 0.1) is 0 Å². The Hall–Kier alpha value is -0.0400. The van der Waals surface area contributed by atoms with Crippen LogP contribution in [0.5, 0.6) is 0 Å². The van der Waals surface area contributed by atoms with Crippen molar-refractivity contribution in [2.24, 2.45) is 16.7 Å². The lowest BCUT2D eigenvalue weighted by Gasteiger charge is -2.45. The molecule has 0 saturated heterocycles. The summed E-state index contributed by atoms with van der Waals surface area (Å²) >= 11 is 0. The highest BCUT2D eigenvalue weighted by molar-refractivity contribution is 4.93. The van der Waals surface area contributed by atoms with E-state index in [1.165, 1.54) is 44.9 Å². The van der Waals surface area contributed by atoms with Crippen LogP contribution in [-0.4, -0.2) is 12.1 Å². The lowest BCUT2D eigenvalue weighted by atomic mass is 9.68. The number of rotatable bonds is 2. The van der Waals surface area contributed by atoms with Gasteiger partial charge >= 0.3 is 0 Å². The average molecular weight is 251 g/mol. The summed E-state index contributed by atoms with van der Waals surface area (Å²) in [6, 6.07) is 1.50. The van der Waals surface area contributed by atoms with Crippen molar-refractivity contribution >= 4 is 0 Å². The van der Waals surface area contributed by atoms with Gasteiger partial charge in [-0.05, 0) is 48.9 Å². The Balaban J connectivity index is 1.96. The molecule has 1 heteroatoms. The lowest BCUT2D eigenvalue weighted by molar-refractivity contribution is 0.101. The van der Waals surface area contributed by atoms with Crippen LogP contribution >= 0.6 is 0 Å². The van der Waals surface area contributed by atoms with Crippen LogP contribution in [0.25, 0.3) is 0 Å². The zero-order valence-electron chi connectivity index (χ0n) is 13.2. The monoisotopic (exact) mass is 251 g/mol. The maximum atomic E-state index is 4.03. The van der Waals surface area contributed by atoms with Gasteiger partial charge in [0.15, 0.2) is 0 Å². The van der Waals surface area contributed by atoms with Crippen LogP contribution in [-0.2, 0) is 0 Å². The highest BCUT2D eigenvalue weighted by Crippen LogP contribution is 2.41. The summed E-state index contributed by atoms with van der Waals surface area (Å²) in [6.45, 7) is 12.2. The summed E-state index contributed by atoms with van der Waals surface area (Å²) in [5.41, 5.74) is 1.04. The van der Waals surface area contributed by atoms with Crippen molar-refractivity contribution in [2.45, 2.75) is 91.6 Å². The minimum absolute atomic E-state index is 0.503. The maximum absolute atomic E-state index is 4.03. The fraction of sp³-hybridized carbons (Fsp3) is 1.00. The molecule has 0 aromatic carbocycles. The Kier molecular flexibility index (Phi) is 4.11. The zero-order chi connectivity index (χ0) is 13.4. The first-order valence-corrected chi connectivity index (χ1v) is 8.05. The molecule has 1 nitrogen and oxygen atoms in total. The Morgan fingerprint density at radius 1 is 1.00 bits per heavy atom. The van der Waals surface area contributed by atoms with Crippen molar-refractivity contribution < 1.29 is 0 Å². The molecule has 2 rings (SSSR count). The zero-order valence-corrected chi connectivity index (χ0v) is 13.2. The molecule has 2 saturated carbocycles. The molecule has 2 fully saturated rings. The van der Waals surface area contributed by atoms with E-state index < -0.39 is 0 Å². The molecule has 1 N–H and O–H groups in total. The highest BCUT2D eigenvalue weighted by atomic mass is 15.0. The van der Waals surface area contributed by atoms with Crippen LogP contribution in [0, 0.1) is 16.7 Å². The van der Waals surface area contributed by atoms with Gasteiger partial charge in [0.2, 0.25) is 0 Å². The van der Waals surface area contributed by atoms with Gasteiger partial charge in [-0.15, -0.1) is 0 Å². The van der Waals surface area contributed by atoms with Gasteiger partial charge in [-0.25, -0.2) is 0 Å². The van der Waals surface area contributed by atoms with Crippen molar-refractivity contribution in [1.29, 1.82) is 0 Å². The van der Waals surface area contributed by atoms with E-state index in [4.69, 9.17) is 0 Å². The van der Waals surface area contributed by atoms with Crippen LogP contribution < -0.4 is 5.32 Å². The quantitative estimate of drug-likeness (QED) is 0.746. The first kappa shape index (κ1) is 14.4. The highest BCUT2D eigenvalue weighted by Gasteiger charge is 2.37. The average Bonchev–Trinajstić information content (AvgIpc) is 2.18. The van der Waals surface area contributed by atoms with Gasteiger partial charge in [-0.1, -0.05) is 47.5 Å². The summed E-state index contributed by atoms with van der Waals surface area (Å²) in [5.74, 6) is 0.887. The Bertz CT molecular complexity index is 279. The molecule has 0 aliphatic heterocycles. The topological polar surface area (TPSA) is 12.0 Å². The normalized spacial score (nSPS) is 39.5. The van der Waals surface area contributed by atoms with E-state index in [0.717, 1.165) is 18.0 Å². The van der Waals surface area contributed by atoms with Crippen molar-refractivity contribution in [2.75, 3.05) is 0 Å². The minimum Gasteiger partial charge on any atom is -0.311 e. The van der Waals surface area contributed by atoms with Gasteiger partial charge in [0.1, 0.15) is 0 Å². The molecule has 3 unspecified atom stereocenters. The molecule has 2 aliphatic carbocycles. The van der Waals surface area contributed by atoms with E-state index >= 15 is 0 Å². The van der Waals surface area contributed by atoms with E-state index in [9.17, 15) is 0 Å². The lowest BCUT2D eigenvalue weighted by Crippen LogP contribution is -2.51. The smallest absolute Gasteiger partial charge is 0.0121 e. The van der Waals surface area contributed by atoms with E-state index in [1.54, 1.807) is 0 Å². The number of nitrogens with one attached hydrogen (secondary N) is 1. The second-order valence-electron chi connectivity index (χ2n) is 8.56. The molecule has 18 heavy (non-hydrogen) atoms. The minimum atomic E-state index is 0.503. The molecular formula is C17H33N. The van der Waals surface area contributed by atoms with E-state index in [1.807, 2.05) is 0 Å². The molecule has 2 aliphatic rings. The molecule has 0 aromatic rings. The summed E-state index contributed by atoms with van der Waals surface area (Å²) in [6.07, 6.45) is 9.79. The predicted molar refractivity (Wildman–Crippen MR) is 79.8 cm³/mol. The van der Waals surface area contributed by atoms with Gasteiger partial charge in [-0.3, -0.25) is 0 Å². The first-order valence-electron chi connectivity index (χ1n) is 8.05. The SMILES string of the molecule is CC1CC(NC2CCCCC2(C)C)CC(C)(C)C1. The standard InChI is InChI=1S/C17H33N/c1-13-10-14(12-16(2,3)11-13)18-15-8-6-7-9-17(15,4)5/h13-15,18H,6-12H2,1-5H3. The Labute approximate surface area is 114 Å². The number of hydrogen-bond donors (Lipinski definition) is 1. The summed E-state index contributed by atoms with van der Waals surface area (Å²) in [5, 5.41) is 4.03. The van der Waals surface area contributed by atoms with Crippen LogP contribution in [0.2, 0.25) is 0 Å². The fourth-order valence-corrected chi connectivity index (χ4v) is 4.56. The van der Waals surface area contributed by atoms with Crippen molar-refractivity contribution in [3.8, 4) is 0 Å². The molecule has 3 atom stereocenters. The summed E-state index contributed by atoms with van der Waals surface area (Å²) in [7, 11) is 0. The fourth-order valence-electron chi connectivity index (χ4n) is 4.56. The first-order chi connectivity index (χ1) is 8.28. The Morgan fingerprint density at radius 3 is 2.33 bits per heavy atom. The van der Waals surface area contributed by atoms with Crippen LogP contribution in [0.15, 0.2) is 0 Å². The molecule has 0 amide bonds. The van der Waals surface area contributed by atoms with Gasteiger partial charge in [0.25, 0.3) is 0 Å². The van der Waals surface area contributed by atoms with E-state index in [-0.39, 0.29) is 0 Å². The largest absolute Gasteiger partial charge is 0.311 e. The molecule has 0 radical (unpaired) electrons. The van der Waals surface area contributed by atoms with Crippen molar-refractivity contribution in [3.63, 3.8) is 0 Å².